The molecule has 0 radical (unpaired) electrons. The van der Waals surface area contributed by atoms with Crippen molar-refractivity contribution < 1.29 is 9.90 Å². The van der Waals surface area contributed by atoms with E-state index in [0.717, 1.165) is 10.4 Å². The number of carbonyl (C=O) groups excluding carboxylic acids is 1. The van der Waals surface area contributed by atoms with E-state index < -0.39 is 5.91 Å². The van der Waals surface area contributed by atoms with Crippen LogP contribution in [-0.2, 0) is 10.2 Å². The van der Waals surface area contributed by atoms with Crippen LogP contribution in [0.15, 0.2) is 60.4 Å². The second-order valence-electron chi connectivity index (χ2n) is 7.21. The molecule has 27 heavy (non-hydrogen) atoms. The lowest BCUT2D eigenvalue weighted by atomic mass is 9.86. The summed E-state index contributed by atoms with van der Waals surface area (Å²) in [6.45, 7) is 10.1. The van der Waals surface area contributed by atoms with Crippen molar-refractivity contribution in [3.63, 3.8) is 0 Å². The van der Waals surface area contributed by atoms with Crippen LogP contribution in [0.2, 0.25) is 0 Å². The molecule has 0 fully saturated rings. The smallest absolute Gasteiger partial charge is 0.270 e. The summed E-state index contributed by atoms with van der Waals surface area (Å²) in [5.41, 5.74) is 2.16. The van der Waals surface area contributed by atoms with Crippen LogP contribution in [0, 0.1) is 11.3 Å². The first kappa shape index (κ1) is 20.5. The number of aliphatic hydroxyl groups excluding tert-OH is 1. The van der Waals surface area contributed by atoms with Crippen molar-refractivity contribution in [1.29, 1.82) is 5.26 Å². The molecule has 1 heterocycles. The van der Waals surface area contributed by atoms with E-state index in [9.17, 15) is 9.90 Å². The maximum atomic E-state index is 12.3. The standard InChI is InChI=1S/C22H24N2O2S/c1-5-6-7-18(25)17(14-23)21(26)24-20-13-12-19(27-20)15-8-10-16(11-9-15)22(2,3)4/h5,8-13,25H,1,6-7H2,2-4H3,(H,24,26)/b18-17-. The average molecular weight is 381 g/mol. The number of hydrogen-bond acceptors (Lipinski definition) is 4. The molecule has 0 saturated heterocycles. The molecule has 140 valence electrons. The molecule has 1 aromatic heterocycles. The van der Waals surface area contributed by atoms with Crippen molar-refractivity contribution in [2.45, 2.75) is 39.0 Å². The summed E-state index contributed by atoms with van der Waals surface area (Å²) in [5.74, 6) is -0.819. The zero-order valence-electron chi connectivity index (χ0n) is 15.9. The number of nitriles is 1. The highest BCUT2D eigenvalue weighted by molar-refractivity contribution is 7.19. The predicted molar refractivity (Wildman–Crippen MR) is 112 cm³/mol. The van der Waals surface area contributed by atoms with Gasteiger partial charge < -0.3 is 10.4 Å². The Morgan fingerprint density at radius 3 is 2.48 bits per heavy atom. The van der Waals surface area contributed by atoms with E-state index in [2.05, 4.69) is 56.9 Å². The minimum Gasteiger partial charge on any atom is -0.511 e. The lowest BCUT2D eigenvalue weighted by molar-refractivity contribution is -0.112. The SMILES string of the molecule is C=CCC/C(O)=C(\C#N)C(=O)Nc1ccc(-c2ccc(C(C)(C)C)cc2)s1. The van der Waals surface area contributed by atoms with Crippen LogP contribution in [0.5, 0.6) is 0 Å². The third kappa shape index (κ3) is 5.32. The number of benzene rings is 1. The van der Waals surface area contributed by atoms with Crippen LogP contribution in [0.4, 0.5) is 5.00 Å². The zero-order chi connectivity index (χ0) is 20.0. The van der Waals surface area contributed by atoms with Gasteiger partial charge in [-0.1, -0.05) is 51.1 Å². The van der Waals surface area contributed by atoms with E-state index >= 15 is 0 Å². The Bertz CT molecular complexity index is 894. The van der Waals surface area contributed by atoms with Gasteiger partial charge in [-0.15, -0.1) is 17.9 Å². The summed E-state index contributed by atoms with van der Waals surface area (Å²) in [6.07, 6.45) is 2.34. The third-order valence-electron chi connectivity index (χ3n) is 4.09. The second-order valence-corrected chi connectivity index (χ2v) is 8.29. The second kappa shape index (κ2) is 8.70. The van der Waals surface area contributed by atoms with Crippen molar-refractivity contribution in [1.82, 2.24) is 0 Å². The lowest BCUT2D eigenvalue weighted by Gasteiger charge is -2.18. The molecule has 0 aliphatic carbocycles. The highest BCUT2D eigenvalue weighted by atomic mass is 32.1. The van der Waals surface area contributed by atoms with Gasteiger partial charge in [-0.05, 0) is 35.1 Å². The first-order valence-corrected chi connectivity index (χ1v) is 9.53. The first-order chi connectivity index (χ1) is 12.8. The Hall–Kier alpha value is -2.84. The molecular formula is C22H24N2O2S. The van der Waals surface area contributed by atoms with Gasteiger partial charge in [0.2, 0.25) is 0 Å². The molecule has 0 atom stereocenters. The minimum atomic E-state index is -0.601. The van der Waals surface area contributed by atoms with Crippen molar-refractivity contribution in [2.75, 3.05) is 5.32 Å². The summed E-state index contributed by atoms with van der Waals surface area (Å²) in [5, 5.41) is 22.4. The maximum Gasteiger partial charge on any atom is 0.270 e. The van der Waals surface area contributed by atoms with Gasteiger partial charge in [0.1, 0.15) is 11.8 Å². The van der Waals surface area contributed by atoms with Crippen LogP contribution >= 0.6 is 11.3 Å². The lowest BCUT2D eigenvalue weighted by Crippen LogP contribution is -2.14. The minimum absolute atomic E-state index is 0.0980. The number of anilines is 1. The molecule has 4 nitrogen and oxygen atoms in total. The van der Waals surface area contributed by atoms with Crippen molar-refractivity contribution >= 4 is 22.2 Å². The Labute approximate surface area is 164 Å². The number of thiophene rings is 1. The molecule has 0 bridgehead atoms. The van der Waals surface area contributed by atoms with Gasteiger partial charge in [0.05, 0.1) is 5.00 Å². The van der Waals surface area contributed by atoms with Gasteiger partial charge in [-0.25, -0.2) is 0 Å². The van der Waals surface area contributed by atoms with E-state index in [1.807, 2.05) is 6.07 Å². The van der Waals surface area contributed by atoms with E-state index in [0.29, 0.717) is 11.4 Å². The van der Waals surface area contributed by atoms with Crippen LogP contribution in [-0.4, -0.2) is 11.0 Å². The molecule has 0 aliphatic rings. The highest BCUT2D eigenvalue weighted by Gasteiger charge is 2.17. The quantitative estimate of drug-likeness (QED) is 0.281. The van der Waals surface area contributed by atoms with E-state index in [-0.39, 0.29) is 23.2 Å². The molecule has 2 rings (SSSR count). The number of hydrogen-bond donors (Lipinski definition) is 2. The topological polar surface area (TPSA) is 73.1 Å². The van der Waals surface area contributed by atoms with Gasteiger partial charge in [-0.3, -0.25) is 4.79 Å². The molecule has 0 spiro atoms. The summed E-state index contributed by atoms with van der Waals surface area (Å²) >= 11 is 1.42. The molecule has 0 saturated carbocycles. The van der Waals surface area contributed by atoms with Gasteiger partial charge >= 0.3 is 0 Å². The van der Waals surface area contributed by atoms with Crippen LogP contribution in [0.25, 0.3) is 10.4 Å². The molecule has 5 heteroatoms. The fourth-order valence-corrected chi connectivity index (χ4v) is 3.39. The first-order valence-electron chi connectivity index (χ1n) is 8.71. The average Bonchev–Trinajstić information content (AvgIpc) is 3.08. The van der Waals surface area contributed by atoms with Crippen molar-refractivity contribution in [3.05, 3.63) is 65.9 Å². The number of amides is 1. The molecular weight excluding hydrogens is 356 g/mol. The molecule has 1 amide bonds. The largest absolute Gasteiger partial charge is 0.511 e. The number of allylic oxidation sites excluding steroid dienone is 2. The van der Waals surface area contributed by atoms with E-state index in [1.54, 1.807) is 18.2 Å². The van der Waals surface area contributed by atoms with E-state index in [1.165, 1.54) is 16.9 Å². The Balaban J connectivity index is 2.15. The number of rotatable bonds is 6. The van der Waals surface area contributed by atoms with Crippen LogP contribution in [0.3, 0.4) is 0 Å². The molecule has 0 aliphatic heterocycles. The summed E-state index contributed by atoms with van der Waals surface area (Å²) in [7, 11) is 0. The Kier molecular flexibility index (Phi) is 6.59. The third-order valence-corrected chi connectivity index (χ3v) is 5.14. The Morgan fingerprint density at radius 1 is 1.26 bits per heavy atom. The Morgan fingerprint density at radius 2 is 1.93 bits per heavy atom. The monoisotopic (exact) mass is 380 g/mol. The van der Waals surface area contributed by atoms with Gasteiger partial charge in [0, 0.05) is 11.3 Å². The summed E-state index contributed by atoms with van der Waals surface area (Å²) in [6, 6.07) is 13.9. The van der Waals surface area contributed by atoms with Crippen LogP contribution in [0.1, 0.15) is 39.2 Å². The fraction of sp³-hybridized carbons (Fsp3) is 0.273. The summed E-state index contributed by atoms with van der Waals surface area (Å²) < 4.78 is 0. The zero-order valence-corrected chi connectivity index (χ0v) is 16.7. The molecule has 2 N–H and O–H groups in total. The number of nitrogens with one attached hydrogen (secondary N) is 1. The van der Waals surface area contributed by atoms with E-state index in [4.69, 9.17) is 5.26 Å². The number of aliphatic hydroxyl groups is 1. The van der Waals surface area contributed by atoms with Gasteiger partial charge in [0.15, 0.2) is 5.57 Å². The number of carbonyl (C=O) groups is 1. The normalized spacial score (nSPS) is 12.1. The number of nitrogens with zero attached hydrogens (tertiary/aromatic N) is 1. The molecule has 2 aromatic rings. The van der Waals surface area contributed by atoms with Gasteiger partial charge in [-0.2, -0.15) is 5.26 Å². The van der Waals surface area contributed by atoms with Crippen molar-refractivity contribution in [2.24, 2.45) is 0 Å². The summed E-state index contributed by atoms with van der Waals surface area (Å²) in [4.78, 5) is 13.3. The predicted octanol–water partition coefficient (Wildman–Crippen LogP) is 5.95. The van der Waals surface area contributed by atoms with Crippen LogP contribution < -0.4 is 5.32 Å². The molecule has 1 aromatic carbocycles. The van der Waals surface area contributed by atoms with Gasteiger partial charge in [0.25, 0.3) is 5.91 Å². The van der Waals surface area contributed by atoms with Crippen molar-refractivity contribution in [3.8, 4) is 16.5 Å². The maximum absolute atomic E-state index is 12.3. The highest BCUT2D eigenvalue weighted by Crippen LogP contribution is 2.33. The fourth-order valence-electron chi connectivity index (χ4n) is 2.48. The molecule has 0 unspecified atom stereocenters.